The molecule has 0 N–H and O–H groups in total. The Morgan fingerprint density at radius 1 is 1.80 bits per heavy atom. The number of aromatic nitrogens is 2. The molecule has 0 unspecified atom stereocenters. The minimum absolute atomic E-state index is 1.40. The molecular formula is CHBN2O. The van der Waals surface area contributed by atoms with Crippen molar-refractivity contribution in [1.82, 2.24) is 10.3 Å². The molecule has 24 valence electrons. The third kappa shape index (κ3) is 0.316. The van der Waals surface area contributed by atoms with Gasteiger partial charge in [0.05, 0.1) is 0 Å². The van der Waals surface area contributed by atoms with Gasteiger partial charge in [-0.2, -0.15) is 0 Å². The molecule has 0 bridgehead atoms. The molecule has 0 aliphatic heterocycles. The fourth-order valence-electron chi connectivity index (χ4n) is 0.136. The Morgan fingerprint density at radius 2 is 2.80 bits per heavy atom. The van der Waals surface area contributed by atoms with Crippen molar-refractivity contribution < 1.29 is 4.52 Å². The first-order chi connectivity index (χ1) is 2.50. The molecule has 1 aromatic heterocycles. The number of rotatable bonds is 0. The van der Waals surface area contributed by atoms with Gasteiger partial charge in [0.1, 0.15) is 0 Å². The van der Waals surface area contributed by atoms with Gasteiger partial charge in [0.25, 0.3) is 0 Å². The van der Waals surface area contributed by atoms with Crippen LogP contribution in [0.2, 0.25) is 0 Å². The molecule has 1 heterocycles. The maximum atomic E-state index is 4.22. The summed E-state index contributed by atoms with van der Waals surface area (Å²) in [4.78, 5) is 0. The van der Waals surface area contributed by atoms with Crippen molar-refractivity contribution in [2.75, 3.05) is 0 Å². The van der Waals surface area contributed by atoms with Crippen LogP contribution in [0.3, 0.4) is 0 Å². The fourth-order valence-corrected chi connectivity index (χ4v) is 0.136. The van der Waals surface area contributed by atoms with Crippen LogP contribution < -0.4 is 0 Å². The minimum atomic E-state index is 1.40. The Hall–Kier alpha value is -0.665. The van der Waals surface area contributed by atoms with E-state index in [1.54, 1.807) is 0 Å². The van der Waals surface area contributed by atoms with Crippen molar-refractivity contribution in [3.63, 3.8) is 0 Å². The third-order valence-corrected chi connectivity index (χ3v) is 0.283. The maximum absolute atomic E-state index is 4.22. The van der Waals surface area contributed by atoms with Crippen molar-refractivity contribution in [2.24, 2.45) is 0 Å². The van der Waals surface area contributed by atoms with E-state index in [9.17, 15) is 0 Å². The predicted molar refractivity (Wildman–Crippen MR) is 15.6 cm³/mol. The van der Waals surface area contributed by atoms with E-state index in [-0.39, 0.29) is 0 Å². The molecule has 0 saturated carbocycles. The molecule has 3 nitrogen and oxygen atoms in total. The van der Waals surface area contributed by atoms with Crippen LogP contribution >= 0.6 is 0 Å². The van der Waals surface area contributed by atoms with E-state index < -0.39 is 0 Å². The number of hydrogen-bond donors (Lipinski definition) is 0. The van der Waals surface area contributed by atoms with Gasteiger partial charge < -0.3 is 0 Å². The van der Waals surface area contributed by atoms with Crippen molar-refractivity contribution in [3.8, 4) is 0 Å². The van der Waals surface area contributed by atoms with Gasteiger partial charge in [-0.1, -0.05) is 0 Å². The van der Waals surface area contributed by atoms with E-state index in [1.807, 2.05) is 0 Å². The van der Waals surface area contributed by atoms with E-state index in [0.717, 1.165) is 0 Å². The topological polar surface area (TPSA) is 38.9 Å². The summed E-state index contributed by atoms with van der Waals surface area (Å²) in [7, 11) is 1.47. The normalized spacial score (nSPS) is 7.20. The van der Waals surface area contributed by atoms with Gasteiger partial charge in [0.15, 0.2) is 0 Å². The zero-order valence-corrected chi connectivity index (χ0v) is 2.46. The van der Waals surface area contributed by atoms with Crippen LogP contribution in [0.15, 0.2) is 10.7 Å². The molecule has 0 fully saturated rings. The van der Waals surface area contributed by atoms with E-state index >= 15 is 0 Å². The molecule has 4 heteroatoms. The van der Waals surface area contributed by atoms with E-state index in [0.29, 0.717) is 0 Å². The second-order valence-electron chi connectivity index (χ2n) is 0.588. The summed E-state index contributed by atoms with van der Waals surface area (Å²) in [5.41, 5.74) is 0. The van der Waals surface area contributed by atoms with Gasteiger partial charge in [-0.3, -0.25) is 0 Å². The van der Waals surface area contributed by atoms with E-state index in [2.05, 4.69) is 14.8 Å². The standard InChI is InChI=1S/CHBN2O/c1-2-3-4-5-1/h1H. The molecular weight excluding hydrogens is 66.8 g/mol. The van der Waals surface area contributed by atoms with Crippen LogP contribution in [0.25, 0.3) is 0 Å². The second-order valence-corrected chi connectivity index (χ2v) is 0.588. The van der Waals surface area contributed by atoms with E-state index in [1.165, 1.54) is 13.2 Å². The summed E-state index contributed by atoms with van der Waals surface area (Å²) in [5.74, 6) is 0. The van der Waals surface area contributed by atoms with Crippen LogP contribution in [0.1, 0.15) is 0 Å². The Kier molecular flexibility index (Phi) is 0.496. The van der Waals surface area contributed by atoms with Crippen LogP contribution in [0.4, 0.5) is 0 Å². The van der Waals surface area contributed by atoms with Gasteiger partial charge >= 0.3 is 28.0 Å². The Bertz CT molecular complexity index is 66.1. The van der Waals surface area contributed by atoms with E-state index in [4.69, 9.17) is 0 Å². The molecule has 0 aliphatic carbocycles. The SMILES string of the molecule is b1conn1. The summed E-state index contributed by atoms with van der Waals surface area (Å²) < 4.78 is 4.22. The van der Waals surface area contributed by atoms with Gasteiger partial charge in [-0.05, 0) is 0 Å². The predicted octanol–water partition coefficient (Wildman–Crippen LogP) is -0.592. The molecule has 0 aliphatic rings. The first-order valence-electron chi connectivity index (χ1n) is 1.21. The van der Waals surface area contributed by atoms with Gasteiger partial charge in [-0.25, -0.2) is 0 Å². The molecule has 0 amide bonds. The Labute approximate surface area is 29.2 Å². The number of nitrogens with zero attached hydrogens (tertiary/aromatic N) is 2. The summed E-state index contributed by atoms with van der Waals surface area (Å²) in [6, 6.07) is 0. The van der Waals surface area contributed by atoms with Crippen molar-refractivity contribution in [1.29, 1.82) is 0 Å². The first-order valence-corrected chi connectivity index (χ1v) is 1.21. The van der Waals surface area contributed by atoms with Gasteiger partial charge in [0.2, 0.25) is 0 Å². The molecule has 1 rings (SSSR count). The second kappa shape index (κ2) is 0.968. The van der Waals surface area contributed by atoms with Crippen LogP contribution in [0, 0.1) is 0 Å². The summed E-state index contributed by atoms with van der Waals surface area (Å²) >= 11 is 0. The molecule has 1 aromatic rings. The first kappa shape index (κ1) is 2.57. The Balaban J connectivity index is 3.13. The van der Waals surface area contributed by atoms with Gasteiger partial charge in [-0.15, -0.1) is 0 Å². The molecule has 0 spiro atoms. The summed E-state index contributed by atoms with van der Waals surface area (Å²) in [5, 5.41) is 6.40. The zero-order valence-electron chi connectivity index (χ0n) is 2.46. The molecule has 0 atom stereocenters. The average Bonchev–Trinajstić information content (AvgIpc) is 1.76. The quantitative estimate of drug-likeness (QED) is 0.407. The molecule has 0 saturated heterocycles. The summed E-state index contributed by atoms with van der Waals surface area (Å²) in [6.07, 6.45) is 1.40. The Morgan fingerprint density at radius 3 is 3.00 bits per heavy atom. The molecule has 5 heavy (non-hydrogen) atoms. The van der Waals surface area contributed by atoms with Crippen LogP contribution in [0.5, 0.6) is 0 Å². The average molecular weight is 67.8 g/mol. The zero-order chi connectivity index (χ0) is 3.54. The van der Waals surface area contributed by atoms with Crippen LogP contribution in [-0.2, 0) is 0 Å². The molecule has 0 aromatic carbocycles. The number of hydrogen-bond acceptors (Lipinski definition) is 3. The van der Waals surface area contributed by atoms with Crippen molar-refractivity contribution in [2.45, 2.75) is 0 Å². The summed E-state index contributed by atoms with van der Waals surface area (Å²) in [6.45, 7) is 0. The molecule has 0 radical (unpaired) electrons. The van der Waals surface area contributed by atoms with Crippen molar-refractivity contribution >= 4 is 7.05 Å². The van der Waals surface area contributed by atoms with Crippen molar-refractivity contribution in [3.05, 3.63) is 6.16 Å². The van der Waals surface area contributed by atoms with Crippen LogP contribution in [-0.4, -0.2) is 17.3 Å². The third-order valence-electron chi connectivity index (χ3n) is 0.283. The fraction of sp³-hybridized carbons (Fsp3) is 0. The van der Waals surface area contributed by atoms with Gasteiger partial charge in [0, 0.05) is 0 Å². The monoisotopic (exact) mass is 68.0 g/mol.